The molecule has 0 heterocycles. The molecule has 0 radical (unpaired) electrons. The fourth-order valence-corrected chi connectivity index (χ4v) is 2.01. The number of ether oxygens (including phenoxy) is 1. The maximum atomic E-state index is 11.9. The Morgan fingerprint density at radius 1 is 1.23 bits per heavy atom. The number of benzene rings is 2. The molecule has 0 fully saturated rings. The summed E-state index contributed by atoms with van der Waals surface area (Å²) < 4.78 is 5.42. The van der Waals surface area contributed by atoms with E-state index >= 15 is 0 Å². The minimum Gasteiger partial charge on any atom is -0.489 e. The van der Waals surface area contributed by atoms with Crippen molar-refractivity contribution in [1.29, 1.82) is 0 Å². The van der Waals surface area contributed by atoms with Gasteiger partial charge in [-0.25, -0.2) is 4.79 Å². The fraction of sp³-hybridized carbons (Fsp3) is 0.118. The van der Waals surface area contributed by atoms with Crippen LogP contribution in [0, 0.1) is 0 Å². The summed E-state index contributed by atoms with van der Waals surface area (Å²) in [6.45, 7) is 4.37. The van der Waals surface area contributed by atoms with Crippen molar-refractivity contribution in [2.45, 2.75) is 6.54 Å². The van der Waals surface area contributed by atoms with Crippen LogP contribution in [0.25, 0.3) is 0 Å². The van der Waals surface area contributed by atoms with Crippen LogP contribution in [0.2, 0.25) is 5.02 Å². The average Bonchev–Trinajstić information content (AvgIpc) is 2.52. The Hall–Kier alpha value is -2.46. The van der Waals surface area contributed by atoms with E-state index in [-0.39, 0.29) is 6.03 Å². The lowest BCUT2D eigenvalue weighted by molar-refractivity contribution is 0.251. The second kappa shape index (κ2) is 8.10. The smallest absolute Gasteiger partial charge is 0.319 e. The van der Waals surface area contributed by atoms with Crippen molar-refractivity contribution in [3.63, 3.8) is 0 Å². The van der Waals surface area contributed by atoms with Gasteiger partial charge in [-0.15, -0.1) is 0 Å². The Morgan fingerprint density at radius 3 is 2.82 bits per heavy atom. The largest absolute Gasteiger partial charge is 0.489 e. The van der Waals surface area contributed by atoms with Crippen LogP contribution in [0.4, 0.5) is 10.5 Å². The van der Waals surface area contributed by atoms with Gasteiger partial charge in [0.15, 0.2) is 0 Å². The molecule has 0 aliphatic heterocycles. The van der Waals surface area contributed by atoms with Crippen molar-refractivity contribution in [3.8, 4) is 5.75 Å². The van der Waals surface area contributed by atoms with Gasteiger partial charge in [-0.1, -0.05) is 48.5 Å². The van der Waals surface area contributed by atoms with Crippen molar-refractivity contribution in [2.24, 2.45) is 0 Å². The van der Waals surface area contributed by atoms with Gasteiger partial charge < -0.3 is 15.4 Å². The van der Waals surface area contributed by atoms with E-state index in [0.29, 0.717) is 29.6 Å². The molecule has 5 heteroatoms. The van der Waals surface area contributed by atoms with E-state index in [9.17, 15) is 4.79 Å². The van der Waals surface area contributed by atoms with E-state index in [4.69, 9.17) is 16.3 Å². The van der Waals surface area contributed by atoms with Gasteiger partial charge in [0.05, 0.1) is 0 Å². The molecular formula is C17H17ClN2O2. The number of nitrogens with one attached hydrogen (secondary N) is 2. The standard InChI is InChI=1S/C17H17ClN2O2/c1-2-10-22-15-8-5-7-14(11-15)20-17(21)19-12-13-6-3-4-9-16(13)18/h2-9,11H,1,10,12H2,(H2,19,20,21). The third kappa shape index (κ3) is 4.82. The number of hydrogen-bond acceptors (Lipinski definition) is 2. The molecule has 22 heavy (non-hydrogen) atoms. The molecule has 0 aliphatic carbocycles. The summed E-state index contributed by atoms with van der Waals surface area (Å²) in [7, 11) is 0. The van der Waals surface area contributed by atoms with Crippen molar-refractivity contribution in [2.75, 3.05) is 11.9 Å². The van der Waals surface area contributed by atoms with E-state index < -0.39 is 0 Å². The van der Waals surface area contributed by atoms with Gasteiger partial charge in [0, 0.05) is 23.3 Å². The summed E-state index contributed by atoms with van der Waals surface area (Å²) in [4.78, 5) is 11.9. The molecule has 2 rings (SSSR count). The highest BCUT2D eigenvalue weighted by molar-refractivity contribution is 6.31. The number of rotatable bonds is 6. The van der Waals surface area contributed by atoms with E-state index in [0.717, 1.165) is 5.56 Å². The van der Waals surface area contributed by atoms with Crippen LogP contribution in [0.15, 0.2) is 61.2 Å². The Morgan fingerprint density at radius 2 is 2.05 bits per heavy atom. The van der Waals surface area contributed by atoms with E-state index in [2.05, 4.69) is 17.2 Å². The van der Waals surface area contributed by atoms with Gasteiger partial charge in [-0.3, -0.25) is 0 Å². The Balaban J connectivity index is 1.89. The first-order valence-electron chi connectivity index (χ1n) is 6.81. The first kappa shape index (κ1) is 15.9. The summed E-state index contributed by atoms with van der Waals surface area (Å²) in [6, 6.07) is 14.2. The van der Waals surface area contributed by atoms with Crippen LogP contribution in [-0.4, -0.2) is 12.6 Å². The fourth-order valence-electron chi connectivity index (χ4n) is 1.81. The monoisotopic (exact) mass is 316 g/mol. The summed E-state index contributed by atoms with van der Waals surface area (Å²) >= 11 is 6.04. The SMILES string of the molecule is C=CCOc1cccc(NC(=O)NCc2ccccc2Cl)c1. The number of amides is 2. The lowest BCUT2D eigenvalue weighted by Gasteiger charge is -2.10. The highest BCUT2D eigenvalue weighted by atomic mass is 35.5. The number of carbonyl (C=O) groups excluding carboxylic acids is 1. The predicted octanol–water partition coefficient (Wildman–Crippen LogP) is 4.23. The molecule has 0 spiro atoms. The lowest BCUT2D eigenvalue weighted by Crippen LogP contribution is -2.28. The van der Waals surface area contributed by atoms with E-state index in [1.54, 1.807) is 24.3 Å². The maximum Gasteiger partial charge on any atom is 0.319 e. The Kier molecular flexibility index (Phi) is 5.86. The zero-order valence-corrected chi connectivity index (χ0v) is 12.8. The number of anilines is 1. The average molecular weight is 317 g/mol. The molecule has 0 bridgehead atoms. The first-order chi connectivity index (χ1) is 10.7. The van der Waals surface area contributed by atoms with E-state index in [1.807, 2.05) is 30.3 Å². The third-order valence-electron chi connectivity index (χ3n) is 2.86. The third-order valence-corrected chi connectivity index (χ3v) is 3.23. The Bertz CT molecular complexity index is 659. The number of urea groups is 1. The summed E-state index contributed by atoms with van der Waals surface area (Å²) in [5.41, 5.74) is 1.51. The van der Waals surface area contributed by atoms with Crippen LogP contribution in [0.1, 0.15) is 5.56 Å². The molecular weight excluding hydrogens is 300 g/mol. The highest BCUT2D eigenvalue weighted by Gasteiger charge is 2.04. The van der Waals surface area contributed by atoms with Gasteiger partial charge >= 0.3 is 6.03 Å². The summed E-state index contributed by atoms with van der Waals surface area (Å²) in [5.74, 6) is 0.670. The van der Waals surface area contributed by atoms with Crippen LogP contribution in [-0.2, 0) is 6.54 Å². The maximum absolute atomic E-state index is 11.9. The van der Waals surface area contributed by atoms with Crippen LogP contribution >= 0.6 is 11.6 Å². The zero-order chi connectivity index (χ0) is 15.8. The molecule has 2 aromatic rings. The lowest BCUT2D eigenvalue weighted by atomic mass is 10.2. The number of halogens is 1. The van der Waals surface area contributed by atoms with Crippen LogP contribution in [0.5, 0.6) is 5.75 Å². The topological polar surface area (TPSA) is 50.4 Å². The molecule has 0 saturated heterocycles. The molecule has 0 unspecified atom stereocenters. The van der Waals surface area contributed by atoms with Crippen LogP contribution in [0.3, 0.4) is 0 Å². The molecule has 4 nitrogen and oxygen atoms in total. The molecule has 2 N–H and O–H groups in total. The van der Waals surface area contributed by atoms with Crippen molar-refractivity contribution < 1.29 is 9.53 Å². The van der Waals surface area contributed by atoms with Gasteiger partial charge in [-0.2, -0.15) is 0 Å². The van der Waals surface area contributed by atoms with Gasteiger partial charge in [0.2, 0.25) is 0 Å². The Labute approximate surface area is 134 Å². The first-order valence-corrected chi connectivity index (χ1v) is 7.19. The normalized spacial score (nSPS) is 9.86. The van der Waals surface area contributed by atoms with Crippen molar-refractivity contribution in [3.05, 3.63) is 71.8 Å². The zero-order valence-electron chi connectivity index (χ0n) is 12.0. The second-order valence-corrected chi connectivity index (χ2v) is 4.93. The molecule has 0 saturated carbocycles. The van der Waals surface area contributed by atoms with Crippen molar-refractivity contribution >= 4 is 23.3 Å². The van der Waals surface area contributed by atoms with E-state index in [1.165, 1.54) is 0 Å². The quantitative estimate of drug-likeness (QED) is 0.784. The second-order valence-electron chi connectivity index (χ2n) is 4.53. The molecule has 0 aromatic heterocycles. The minimum absolute atomic E-state index is 0.305. The molecule has 2 aromatic carbocycles. The summed E-state index contributed by atoms with van der Waals surface area (Å²) in [5, 5.41) is 6.14. The molecule has 0 atom stereocenters. The predicted molar refractivity (Wildman–Crippen MR) is 89.4 cm³/mol. The van der Waals surface area contributed by atoms with Gasteiger partial charge in [0.25, 0.3) is 0 Å². The number of carbonyl (C=O) groups is 1. The molecule has 2 amide bonds. The number of hydrogen-bond donors (Lipinski definition) is 2. The highest BCUT2D eigenvalue weighted by Crippen LogP contribution is 2.17. The summed E-state index contributed by atoms with van der Waals surface area (Å²) in [6.07, 6.45) is 1.66. The molecule has 114 valence electrons. The van der Waals surface area contributed by atoms with Gasteiger partial charge in [-0.05, 0) is 23.8 Å². The van der Waals surface area contributed by atoms with Crippen LogP contribution < -0.4 is 15.4 Å². The molecule has 0 aliphatic rings. The van der Waals surface area contributed by atoms with Crippen molar-refractivity contribution in [1.82, 2.24) is 5.32 Å². The minimum atomic E-state index is -0.305. The van der Waals surface area contributed by atoms with Gasteiger partial charge in [0.1, 0.15) is 12.4 Å².